The number of halogens is 3. The summed E-state index contributed by atoms with van der Waals surface area (Å²) < 4.78 is 33.3. The van der Waals surface area contributed by atoms with Gasteiger partial charge in [0.25, 0.3) is 0 Å². The van der Waals surface area contributed by atoms with Crippen LogP contribution in [0.4, 0.5) is 3.89 Å². The zero-order valence-corrected chi connectivity index (χ0v) is 9.46. The van der Waals surface area contributed by atoms with E-state index >= 15 is 0 Å². The summed E-state index contributed by atoms with van der Waals surface area (Å²) in [5.74, 6) is -0.622. The second-order valence-corrected chi connectivity index (χ2v) is 5.06. The molecular weight excluding hydrogens is 282 g/mol. The Labute approximate surface area is 89.1 Å². The summed E-state index contributed by atoms with van der Waals surface area (Å²) >= 11 is 8.77. The van der Waals surface area contributed by atoms with E-state index in [0.29, 0.717) is 15.1 Å². The first-order chi connectivity index (χ1) is 5.88. The molecule has 0 bridgehead atoms. The van der Waals surface area contributed by atoms with Crippen LogP contribution < -0.4 is 0 Å². The Balaban J connectivity index is 2.99. The Hall–Kier alpha value is -0.130. The van der Waals surface area contributed by atoms with Crippen LogP contribution in [0.25, 0.3) is 0 Å². The molecule has 0 N–H and O–H groups in total. The van der Waals surface area contributed by atoms with Crippen LogP contribution in [0.2, 0.25) is 5.02 Å². The highest BCUT2D eigenvalue weighted by atomic mass is 79.9. The average Bonchev–Trinajstić information content (AvgIpc) is 1.94. The predicted molar refractivity (Wildman–Crippen MR) is 52.9 cm³/mol. The Morgan fingerprint density at radius 2 is 2.08 bits per heavy atom. The molecule has 0 aromatic heterocycles. The third-order valence-corrected chi connectivity index (χ3v) is 3.22. The molecule has 0 heterocycles. The molecule has 1 aromatic rings. The first-order valence-corrected chi connectivity index (χ1v) is 5.97. The van der Waals surface area contributed by atoms with Gasteiger partial charge in [-0.3, -0.25) is 0 Å². The van der Waals surface area contributed by atoms with Gasteiger partial charge >= 0.3 is 10.2 Å². The Bertz CT molecular complexity index is 419. The first-order valence-electron chi connectivity index (χ1n) is 3.25. The van der Waals surface area contributed by atoms with Crippen LogP contribution in [-0.2, 0) is 16.0 Å². The van der Waals surface area contributed by atoms with E-state index in [9.17, 15) is 12.3 Å². The van der Waals surface area contributed by atoms with Crippen LogP contribution in [-0.4, -0.2) is 8.42 Å². The maximum atomic E-state index is 12.2. The maximum absolute atomic E-state index is 12.2. The topological polar surface area (TPSA) is 34.1 Å². The highest BCUT2D eigenvalue weighted by molar-refractivity contribution is 9.10. The molecule has 72 valence electrons. The van der Waals surface area contributed by atoms with Crippen molar-refractivity contribution in [3.63, 3.8) is 0 Å². The second kappa shape index (κ2) is 3.94. The van der Waals surface area contributed by atoms with Crippen molar-refractivity contribution in [2.75, 3.05) is 0 Å². The average molecular weight is 288 g/mol. The third-order valence-electron chi connectivity index (χ3n) is 1.32. The van der Waals surface area contributed by atoms with Crippen LogP contribution in [0.1, 0.15) is 5.56 Å². The predicted octanol–water partition coefficient (Wildman–Crippen LogP) is 2.90. The van der Waals surface area contributed by atoms with Gasteiger partial charge in [0.15, 0.2) is 0 Å². The molecule has 0 radical (unpaired) electrons. The molecule has 2 nitrogen and oxygen atoms in total. The first kappa shape index (κ1) is 10.9. The van der Waals surface area contributed by atoms with Crippen molar-refractivity contribution in [1.82, 2.24) is 0 Å². The van der Waals surface area contributed by atoms with Crippen LogP contribution in [0.3, 0.4) is 0 Å². The zero-order chi connectivity index (χ0) is 10.1. The minimum atomic E-state index is -4.47. The minimum absolute atomic E-state index is 0.360. The summed E-state index contributed by atoms with van der Waals surface area (Å²) in [6.07, 6.45) is 0. The summed E-state index contributed by atoms with van der Waals surface area (Å²) in [6, 6.07) is 4.44. The molecule has 0 aliphatic heterocycles. The summed E-state index contributed by atoms with van der Waals surface area (Å²) in [7, 11) is -4.47. The Kier molecular flexibility index (Phi) is 3.32. The number of benzene rings is 1. The van der Waals surface area contributed by atoms with E-state index < -0.39 is 16.0 Å². The van der Waals surface area contributed by atoms with Gasteiger partial charge in [-0.2, -0.15) is 8.42 Å². The minimum Gasteiger partial charge on any atom is -0.194 e. The van der Waals surface area contributed by atoms with E-state index in [1.165, 1.54) is 18.2 Å². The van der Waals surface area contributed by atoms with Gasteiger partial charge in [-0.15, -0.1) is 3.89 Å². The normalized spacial score (nSPS) is 11.6. The highest BCUT2D eigenvalue weighted by Gasteiger charge is 2.09. The molecule has 1 aromatic carbocycles. The van der Waals surface area contributed by atoms with Crippen molar-refractivity contribution in [3.05, 3.63) is 33.3 Å². The lowest BCUT2D eigenvalue weighted by molar-refractivity contribution is 0.551. The van der Waals surface area contributed by atoms with Crippen LogP contribution >= 0.6 is 27.5 Å². The lowest BCUT2D eigenvalue weighted by Gasteiger charge is -1.99. The van der Waals surface area contributed by atoms with E-state index in [0.717, 1.165) is 0 Å². The summed E-state index contributed by atoms with van der Waals surface area (Å²) in [6.45, 7) is 0. The summed E-state index contributed by atoms with van der Waals surface area (Å²) in [5, 5.41) is 0.458. The standard InChI is InChI=1S/C7H5BrClFO2S/c8-6-3-5(1-2-7(6)9)4-13(10,11)12/h1-3H,4H2. The van der Waals surface area contributed by atoms with Crippen molar-refractivity contribution >= 4 is 37.8 Å². The van der Waals surface area contributed by atoms with Crippen LogP contribution in [0, 0.1) is 0 Å². The molecule has 0 aliphatic rings. The molecule has 0 unspecified atom stereocenters. The molecule has 6 heteroatoms. The fourth-order valence-corrected chi connectivity index (χ4v) is 1.95. The SMILES string of the molecule is O=S(=O)(F)Cc1ccc(Cl)c(Br)c1. The Morgan fingerprint density at radius 3 is 2.54 bits per heavy atom. The molecule has 0 spiro atoms. The van der Waals surface area contributed by atoms with Crippen molar-refractivity contribution < 1.29 is 12.3 Å². The van der Waals surface area contributed by atoms with Gasteiger partial charge in [0.2, 0.25) is 0 Å². The second-order valence-electron chi connectivity index (χ2n) is 2.43. The van der Waals surface area contributed by atoms with Gasteiger partial charge in [-0.25, -0.2) is 0 Å². The summed E-state index contributed by atoms with van der Waals surface area (Å²) in [4.78, 5) is 0. The Morgan fingerprint density at radius 1 is 1.46 bits per heavy atom. The molecule has 0 aliphatic carbocycles. The van der Waals surface area contributed by atoms with Gasteiger partial charge in [0, 0.05) is 4.47 Å². The number of hydrogen-bond acceptors (Lipinski definition) is 2. The van der Waals surface area contributed by atoms with Gasteiger partial charge < -0.3 is 0 Å². The van der Waals surface area contributed by atoms with Crippen molar-refractivity contribution in [3.8, 4) is 0 Å². The smallest absolute Gasteiger partial charge is 0.194 e. The van der Waals surface area contributed by atoms with E-state index in [2.05, 4.69) is 15.9 Å². The number of rotatable bonds is 2. The largest absolute Gasteiger partial charge is 0.306 e. The molecule has 1 rings (SSSR count). The molecule has 0 saturated heterocycles. The maximum Gasteiger partial charge on any atom is 0.306 e. The molecule has 0 atom stereocenters. The van der Waals surface area contributed by atoms with Gasteiger partial charge in [-0.05, 0) is 33.6 Å². The van der Waals surface area contributed by atoms with Gasteiger partial charge in [0.1, 0.15) is 5.75 Å². The quantitative estimate of drug-likeness (QED) is 0.784. The van der Waals surface area contributed by atoms with Crippen LogP contribution in [0.5, 0.6) is 0 Å². The van der Waals surface area contributed by atoms with Crippen molar-refractivity contribution in [1.29, 1.82) is 0 Å². The van der Waals surface area contributed by atoms with E-state index in [4.69, 9.17) is 11.6 Å². The molecular formula is C7H5BrClFO2S. The van der Waals surface area contributed by atoms with E-state index in [1.807, 2.05) is 0 Å². The fourth-order valence-electron chi connectivity index (χ4n) is 0.828. The molecule has 0 saturated carbocycles. The van der Waals surface area contributed by atoms with Crippen LogP contribution in [0.15, 0.2) is 22.7 Å². The lowest BCUT2D eigenvalue weighted by Crippen LogP contribution is -1.95. The molecule has 0 fully saturated rings. The van der Waals surface area contributed by atoms with Crippen molar-refractivity contribution in [2.24, 2.45) is 0 Å². The van der Waals surface area contributed by atoms with E-state index in [-0.39, 0.29) is 0 Å². The third kappa shape index (κ3) is 3.62. The summed E-state index contributed by atoms with van der Waals surface area (Å²) in [5.41, 5.74) is 0.360. The van der Waals surface area contributed by atoms with Gasteiger partial charge in [0.05, 0.1) is 5.02 Å². The lowest BCUT2D eigenvalue weighted by atomic mass is 10.2. The van der Waals surface area contributed by atoms with E-state index in [1.54, 1.807) is 0 Å². The molecule has 13 heavy (non-hydrogen) atoms. The van der Waals surface area contributed by atoms with Gasteiger partial charge in [-0.1, -0.05) is 17.7 Å². The number of hydrogen-bond donors (Lipinski definition) is 0. The van der Waals surface area contributed by atoms with Crippen molar-refractivity contribution in [2.45, 2.75) is 5.75 Å². The molecule has 0 amide bonds. The fraction of sp³-hybridized carbons (Fsp3) is 0.143. The highest BCUT2D eigenvalue weighted by Crippen LogP contribution is 2.24. The monoisotopic (exact) mass is 286 g/mol. The zero-order valence-electron chi connectivity index (χ0n) is 6.30.